The fourth-order valence-electron chi connectivity index (χ4n) is 10.0. The van der Waals surface area contributed by atoms with Crippen molar-refractivity contribution < 1.29 is 67.1 Å². The van der Waals surface area contributed by atoms with Crippen LogP contribution in [0.1, 0.15) is 96.0 Å². The van der Waals surface area contributed by atoms with E-state index in [-0.39, 0.29) is 64.4 Å². The standard InChI is InChI=1S/C64H66O14/c65-61-49-33-53(34-50(61)38-75-58(46-17-7-2-8-18-46)42-71-30-26-68-25-29-70-41-57(74-37-49)45-15-5-1-6-16-45)64(56-24-14-13-23-55(56)63(67)78-64)54-35-51-39-76-59(47-19-9-3-10-20-47)43-72-31-27-69-28-32-73-44-60(48-21-11-4-12-22-48)77-40-52(36-54)62(51)66/h1-24,33-36,57-60,65-66H,25-32,37-44H2/t57-,58-,59-,60-/m1/s1. The molecule has 4 bridgehead atoms. The topological polar surface area (TPSA) is 159 Å². The highest BCUT2D eigenvalue weighted by molar-refractivity contribution is 5.96. The number of phenolic OH excluding ortho intramolecular Hbond substituents is 2. The molecule has 0 spiro atoms. The van der Waals surface area contributed by atoms with E-state index in [1.807, 2.05) is 158 Å². The van der Waals surface area contributed by atoms with Gasteiger partial charge < -0.3 is 62.3 Å². The van der Waals surface area contributed by atoms with E-state index in [1.54, 1.807) is 12.1 Å². The molecule has 0 amide bonds. The molecule has 0 aromatic heterocycles. The summed E-state index contributed by atoms with van der Waals surface area (Å²) in [7, 11) is 0. The molecule has 3 aliphatic rings. The molecule has 7 aromatic carbocycles. The molecule has 0 saturated heterocycles. The number of hydrogen-bond acceptors (Lipinski definition) is 14. The molecule has 4 atom stereocenters. The van der Waals surface area contributed by atoms with E-state index >= 15 is 0 Å². The summed E-state index contributed by atoms with van der Waals surface area (Å²) in [6, 6.07) is 53.6. The Morgan fingerprint density at radius 1 is 0.359 bits per heavy atom. The Kier molecular flexibility index (Phi) is 19.0. The molecule has 14 heteroatoms. The van der Waals surface area contributed by atoms with E-state index in [1.165, 1.54) is 0 Å². The van der Waals surface area contributed by atoms with E-state index in [0.29, 0.717) is 97.4 Å². The second-order valence-corrected chi connectivity index (χ2v) is 19.3. The van der Waals surface area contributed by atoms with Gasteiger partial charge in [-0.3, -0.25) is 0 Å². The van der Waals surface area contributed by atoms with Crippen LogP contribution in [0.4, 0.5) is 0 Å². The molecular weight excluding hydrogens is 993 g/mol. The van der Waals surface area contributed by atoms with Gasteiger partial charge in [0.05, 0.1) is 111 Å². The molecule has 0 radical (unpaired) electrons. The number of rotatable bonds is 6. The summed E-state index contributed by atoms with van der Waals surface area (Å²) in [5.74, 6) is -0.658. The second-order valence-electron chi connectivity index (χ2n) is 19.3. The van der Waals surface area contributed by atoms with Gasteiger partial charge in [-0.15, -0.1) is 0 Å². The molecule has 0 aliphatic carbocycles. The van der Waals surface area contributed by atoms with Crippen LogP contribution in [0.2, 0.25) is 0 Å². The monoisotopic (exact) mass is 1060 g/mol. The maximum absolute atomic E-state index is 14.6. The molecule has 406 valence electrons. The molecule has 0 unspecified atom stereocenters. The summed E-state index contributed by atoms with van der Waals surface area (Å²) in [5, 5.41) is 25.0. The average Bonchev–Trinajstić information content (AvgIpc) is 3.90. The molecule has 3 aliphatic heterocycles. The highest BCUT2D eigenvalue weighted by Gasteiger charge is 2.49. The van der Waals surface area contributed by atoms with Crippen molar-refractivity contribution in [3.8, 4) is 11.5 Å². The highest BCUT2D eigenvalue weighted by Crippen LogP contribution is 2.50. The second kappa shape index (κ2) is 27.2. The van der Waals surface area contributed by atoms with Crippen molar-refractivity contribution in [3.05, 3.63) is 237 Å². The van der Waals surface area contributed by atoms with Crippen LogP contribution in [0.25, 0.3) is 0 Å². The first-order chi connectivity index (χ1) is 38.4. The molecule has 0 fully saturated rings. The van der Waals surface area contributed by atoms with Crippen LogP contribution in [0.15, 0.2) is 170 Å². The van der Waals surface area contributed by atoms with Gasteiger partial charge in [0.25, 0.3) is 0 Å². The zero-order valence-electron chi connectivity index (χ0n) is 43.6. The Balaban J connectivity index is 1.12. The van der Waals surface area contributed by atoms with Gasteiger partial charge in [-0.05, 0) is 52.6 Å². The van der Waals surface area contributed by atoms with Crippen LogP contribution in [0, 0.1) is 0 Å². The Morgan fingerprint density at radius 3 is 0.962 bits per heavy atom. The van der Waals surface area contributed by atoms with Crippen molar-refractivity contribution in [3.63, 3.8) is 0 Å². The van der Waals surface area contributed by atoms with Gasteiger partial charge in [0.15, 0.2) is 5.60 Å². The lowest BCUT2D eigenvalue weighted by Gasteiger charge is -2.33. The summed E-state index contributed by atoms with van der Waals surface area (Å²) >= 11 is 0. The van der Waals surface area contributed by atoms with E-state index in [2.05, 4.69) is 0 Å². The van der Waals surface area contributed by atoms with Crippen molar-refractivity contribution >= 4 is 5.97 Å². The number of ether oxygens (including phenoxy) is 11. The number of hydrogen-bond donors (Lipinski definition) is 2. The SMILES string of the molecule is O=C1OC(c2cc3c(O)c(c2)CO[C@@H](c2ccccc2)COCCOCCOC[C@H](c2ccccc2)OC3)(c2cc3c(O)c(c2)CO[C@@H](c2ccccc2)COCCOCCOC[C@H](c2ccccc2)OC3)c2ccccc21. The summed E-state index contributed by atoms with van der Waals surface area (Å²) in [6.07, 6.45) is -2.14. The van der Waals surface area contributed by atoms with Crippen molar-refractivity contribution in [1.29, 1.82) is 0 Å². The van der Waals surface area contributed by atoms with Crippen LogP contribution >= 0.6 is 0 Å². The Morgan fingerprint density at radius 2 is 0.641 bits per heavy atom. The number of cyclic esters (lactones) is 1. The summed E-state index contributed by atoms with van der Waals surface area (Å²) < 4.78 is 70.1. The maximum atomic E-state index is 14.6. The predicted molar refractivity (Wildman–Crippen MR) is 289 cm³/mol. The van der Waals surface area contributed by atoms with Crippen molar-refractivity contribution in [2.24, 2.45) is 0 Å². The fourth-order valence-corrected chi connectivity index (χ4v) is 10.0. The number of aromatic hydroxyl groups is 2. The number of fused-ring (bicyclic) bond motifs is 5. The minimum atomic E-state index is -1.68. The average molecular weight is 1060 g/mol. The smallest absolute Gasteiger partial charge is 0.340 e. The summed E-state index contributed by atoms with van der Waals surface area (Å²) in [4.78, 5) is 14.6. The van der Waals surface area contributed by atoms with Crippen molar-refractivity contribution in [2.45, 2.75) is 56.4 Å². The van der Waals surface area contributed by atoms with Gasteiger partial charge >= 0.3 is 5.97 Å². The largest absolute Gasteiger partial charge is 0.507 e. The maximum Gasteiger partial charge on any atom is 0.340 e. The minimum Gasteiger partial charge on any atom is -0.507 e. The zero-order chi connectivity index (χ0) is 53.4. The molecule has 3 heterocycles. The quantitative estimate of drug-likeness (QED) is 0.152. The third-order valence-corrected chi connectivity index (χ3v) is 14.1. The number of phenols is 2. The van der Waals surface area contributed by atoms with E-state index in [4.69, 9.17) is 52.1 Å². The molecule has 0 saturated carbocycles. The molecule has 78 heavy (non-hydrogen) atoms. The number of carbonyl (C=O) groups excluding carboxylic acids is 1. The fraction of sp³-hybridized carbons (Fsp3) is 0.328. The van der Waals surface area contributed by atoms with Crippen LogP contribution in [-0.4, -0.2) is 95.5 Å². The highest BCUT2D eigenvalue weighted by atomic mass is 16.6. The lowest BCUT2D eigenvalue weighted by molar-refractivity contribution is -0.0560. The number of esters is 1. The van der Waals surface area contributed by atoms with E-state index < -0.39 is 36.0 Å². The number of carbonyl (C=O) groups is 1. The lowest BCUT2D eigenvalue weighted by Crippen LogP contribution is -2.30. The zero-order valence-corrected chi connectivity index (χ0v) is 43.6. The van der Waals surface area contributed by atoms with E-state index in [9.17, 15) is 15.0 Å². The molecule has 10 rings (SSSR count). The Hall–Kier alpha value is -6.79. The van der Waals surface area contributed by atoms with Crippen LogP contribution in [-0.2, 0) is 84.1 Å². The van der Waals surface area contributed by atoms with Crippen LogP contribution < -0.4 is 0 Å². The molecule has 7 aromatic rings. The van der Waals surface area contributed by atoms with Gasteiger partial charge in [0, 0.05) is 38.9 Å². The summed E-state index contributed by atoms with van der Waals surface area (Å²) in [5.41, 5.74) is 5.38. The molecular formula is C64H66O14. The van der Waals surface area contributed by atoms with Crippen molar-refractivity contribution in [1.82, 2.24) is 0 Å². The predicted octanol–water partition coefficient (Wildman–Crippen LogP) is 10.7. The third-order valence-electron chi connectivity index (χ3n) is 14.1. The van der Waals surface area contributed by atoms with Gasteiger partial charge in [-0.2, -0.15) is 0 Å². The first-order valence-electron chi connectivity index (χ1n) is 26.6. The number of benzene rings is 7. The van der Waals surface area contributed by atoms with Crippen molar-refractivity contribution in [2.75, 3.05) is 79.3 Å². The molecule has 14 nitrogen and oxygen atoms in total. The van der Waals surface area contributed by atoms with Gasteiger partial charge in [0.2, 0.25) is 0 Å². The Bertz CT molecular complexity index is 2670. The first kappa shape index (κ1) is 54.6. The van der Waals surface area contributed by atoms with Gasteiger partial charge in [-0.1, -0.05) is 140 Å². The van der Waals surface area contributed by atoms with Gasteiger partial charge in [-0.25, -0.2) is 4.79 Å². The minimum absolute atomic E-state index is 0.0510. The molecule has 2 N–H and O–H groups in total. The Labute approximate surface area is 455 Å². The lowest BCUT2D eigenvalue weighted by atomic mass is 9.77. The van der Waals surface area contributed by atoms with Crippen LogP contribution in [0.5, 0.6) is 11.5 Å². The normalized spacial score (nSPS) is 21.6. The first-order valence-corrected chi connectivity index (χ1v) is 26.6. The van der Waals surface area contributed by atoms with Crippen LogP contribution in [0.3, 0.4) is 0 Å². The van der Waals surface area contributed by atoms with E-state index in [0.717, 1.165) is 22.3 Å². The third kappa shape index (κ3) is 13.4. The summed E-state index contributed by atoms with van der Waals surface area (Å²) in [6.45, 7) is 3.26. The van der Waals surface area contributed by atoms with Gasteiger partial charge in [0.1, 0.15) is 35.9 Å².